The number of halogens is 3. The fourth-order valence-electron chi connectivity index (χ4n) is 6.66. The summed E-state index contributed by atoms with van der Waals surface area (Å²) in [6.07, 6.45) is 6.34. The summed E-state index contributed by atoms with van der Waals surface area (Å²) < 4.78 is 101. The van der Waals surface area contributed by atoms with Gasteiger partial charge in [0, 0.05) is 74.6 Å². The van der Waals surface area contributed by atoms with Crippen molar-refractivity contribution in [1.82, 2.24) is 14.3 Å². The molecule has 6 rings (SSSR count). The number of carbonyl (C=O) groups excluding carboxylic acids is 1. The lowest BCUT2D eigenvalue weighted by atomic mass is 9.80. The van der Waals surface area contributed by atoms with Crippen LogP contribution in [-0.2, 0) is 30.8 Å². The molecule has 1 aliphatic carbocycles. The van der Waals surface area contributed by atoms with Crippen molar-refractivity contribution in [2.75, 3.05) is 45.3 Å². The van der Waals surface area contributed by atoms with Gasteiger partial charge in [0.1, 0.15) is 34.4 Å². The SMILES string of the molecule is COC1=CC(C)(OC)C(CN(c2ncns2)S(=O)(=O)c2cc(F)c(OC[C@@H]3CN(Cc4ccc(OC)cc4)C(=O)C[C@H]3c3ccc(F)cc3)cc2F)C=C1. The molecule has 16 heteroatoms. The number of allylic oxidation sites excluding steroid dienone is 1. The van der Waals surface area contributed by atoms with Crippen molar-refractivity contribution in [3.8, 4) is 11.5 Å². The number of carbonyl (C=O) groups is 1. The lowest BCUT2D eigenvalue weighted by molar-refractivity contribution is -0.136. The molecule has 0 radical (unpaired) electrons. The summed E-state index contributed by atoms with van der Waals surface area (Å²) in [5.41, 5.74) is 0.539. The lowest BCUT2D eigenvalue weighted by Crippen LogP contribution is -2.45. The Morgan fingerprint density at radius 3 is 2.39 bits per heavy atom. The fraction of sp³-hybridized carbons (Fsp3) is 0.342. The predicted octanol–water partition coefficient (Wildman–Crippen LogP) is 6.49. The van der Waals surface area contributed by atoms with Gasteiger partial charge in [0.25, 0.3) is 10.0 Å². The summed E-state index contributed by atoms with van der Waals surface area (Å²) in [7, 11) is -0.232. The van der Waals surface area contributed by atoms with Crippen LogP contribution in [-0.4, -0.2) is 75.2 Å². The number of methoxy groups -OCH3 is 3. The number of anilines is 1. The molecule has 1 fully saturated rings. The van der Waals surface area contributed by atoms with Crippen LogP contribution in [0.2, 0.25) is 0 Å². The van der Waals surface area contributed by atoms with Gasteiger partial charge in [-0.05, 0) is 54.5 Å². The van der Waals surface area contributed by atoms with Crippen LogP contribution in [0.4, 0.5) is 18.3 Å². The zero-order valence-corrected chi connectivity index (χ0v) is 31.6. The van der Waals surface area contributed by atoms with Crippen LogP contribution >= 0.6 is 11.5 Å². The number of aromatic nitrogens is 2. The number of likely N-dealkylation sites (tertiary alicyclic amines) is 1. The molecule has 1 saturated heterocycles. The number of amides is 1. The van der Waals surface area contributed by atoms with E-state index in [9.17, 15) is 17.6 Å². The first-order valence-electron chi connectivity index (χ1n) is 16.9. The predicted molar refractivity (Wildman–Crippen MR) is 195 cm³/mol. The number of hydrogen-bond donors (Lipinski definition) is 0. The summed E-state index contributed by atoms with van der Waals surface area (Å²) in [6, 6.07) is 14.3. The molecule has 2 unspecified atom stereocenters. The molecule has 1 amide bonds. The van der Waals surface area contributed by atoms with E-state index in [0.717, 1.165) is 21.4 Å². The van der Waals surface area contributed by atoms with E-state index in [4.69, 9.17) is 18.9 Å². The quantitative estimate of drug-likeness (QED) is 0.141. The normalized spacial score (nSPS) is 21.5. The first-order chi connectivity index (χ1) is 25.8. The Morgan fingerprint density at radius 2 is 1.74 bits per heavy atom. The van der Waals surface area contributed by atoms with Gasteiger partial charge >= 0.3 is 0 Å². The molecular formula is C38H39F3N4O7S2. The second-order valence-electron chi connectivity index (χ2n) is 13.1. The topological polar surface area (TPSA) is 120 Å². The average molecular weight is 785 g/mol. The number of ether oxygens (including phenoxy) is 4. The Bertz CT molecular complexity index is 2120. The molecule has 0 spiro atoms. The third kappa shape index (κ3) is 8.25. The first-order valence-corrected chi connectivity index (χ1v) is 19.1. The molecule has 0 saturated carbocycles. The number of sulfonamides is 1. The number of nitrogens with zero attached hydrogens (tertiary/aromatic N) is 4. The van der Waals surface area contributed by atoms with Crippen LogP contribution in [0, 0.1) is 29.3 Å². The summed E-state index contributed by atoms with van der Waals surface area (Å²) in [5, 5.41) is -0.0543. The van der Waals surface area contributed by atoms with E-state index >= 15 is 8.78 Å². The average Bonchev–Trinajstić information content (AvgIpc) is 3.70. The van der Waals surface area contributed by atoms with Gasteiger partial charge in [0.2, 0.25) is 11.0 Å². The minimum absolute atomic E-state index is 0.0543. The molecule has 0 N–H and O–H groups in total. The van der Waals surface area contributed by atoms with Gasteiger partial charge in [-0.3, -0.25) is 4.79 Å². The second kappa shape index (κ2) is 16.2. The van der Waals surface area contributed by atoms with E-state index in [1.165, 1.54) is 32.7 Å². The third-order valence-electron chi connectivity index (χ3n) is 9.87. The maximum atomic E-state index is 15.9. The Kier molecular flexibility index (Phi) is 11.6. The molecule has 54 heavy (non-hydrogen) atoms. The number of hydrogen-bond acceptors (Lipinski definition) is 10. The molecule has 1 aliphatic heterocycles. The highest BCUT2D eigenvalue weighted by Gasteiger charge is 2.40. The van der Waals surface area contributed by atoms with Crippen molar-refractivity contribution in [2.24, 2.45) is 11.8 Å². The molecule has 2 aliphatic rings. The van der Waals surface area contributed by atoms with Crippen LogP contribution in [0.5, 0.6) is 11.5 Å². The van der Waals surface area contributed by atoms with Gasteiger partial charge in [-0.2, -0.15) is 4.37 Å². The molecule has 4 aromatic rings. The van der Waals surface area contributed by atoms with E-state index in [0.29, 0.717) is 35.7 Å². The Balaban J connectivity index is 1.25. The Morgan fingerprint density at radius 1 is 1.00 bits per heavy atom. The second-order valence-corrected chi connectivity index (χ2v) is 15.7. The molecule has 286 valence electrons. The van der Waals surface area contributed by atoms with Gasteiger partial charge in [0.15, 0.2) is 11.6 Å². The maximum absolute atomic E-state index is 15.9. The van der Waals surface area contributed by atoms with Crippen molar-refractivity contribution in [3.05, 3.63) is 120 Å². The highest BCUT2D eigenvalue weighted by Crippen LogP contribution is 2.38. The molecular weight excluding hydrogens is 746 g/mol. The van der Waals surface area contributed by atoms with Crippen LogP contribution < -0.4 is 13.8 Å². The standard InChI is InChI=1S/C38H39F3N4O7S2/c1-38(51-4)18-30(50-3)14-9-27(38)21-45(37-42-23-43-53-37)54(47,48)35-17-32(40)34(16-33(35)41)52-22-26-20-44(19-24-5-12-29(49-2)13-6-24)36(46)15-31(26)25-7-10-28(39)11-8-25/h5-14,16-18,23,26-27,31H,15,19-22H2,1-4H3/t26-,27?,31-,38?/m0/s1. The number of rotatable bonds is 14. The minimum Gasteiger partial charge on any atom is -0.497 e. The monoisotopic (exact) mass is 784 g/mol. The summed E-state index contributed by atoms with van der Waals surface area (Å²) in [6.45, 7) is 1.84. The smallest absolute Gasteiger partial charge is 0.269 e. The van der Waals surface area contributed by atoms with Crippen LogP contribution in [0.25, 0.3) is 0 Å². The van der Waals surface area contributed by atoms with Crippen molar-refractivity contribution >= 4 is 32.6 Å². The first kappa shape index (κ1) is 38.8. The van der Waals surface area contributed by atoms with E-state index < -0.39 is 61.5 Å². The zero-order valence-electron chi connectivity index (χ0n) is 29.9. The summed E-state index contributed by atoms with van der Waals surface area (Å²) >= 11 is 0.778. The van der Waals surface area contributed by atoms with Gasteiger partial charge in [-0.25, -0.2) is 30.9 Å². The van der Waals surface area contributed by atoms with Crippen molar-refractivity contribution < 1.29 is 45.3 Å². The van der Waals surface area contributed by atoms with Crippen LogP contribution in [0.15, 0.2) is 95.9 Å². The van der Waals surface area contributed by atoms with Crippen molar-refractivity contribution in [2.45, 2.75) is 36.3 Å². The lowest BCUT2D eigenvalue weighted by Gasteiger charge is -2.38. The van der Waals surface area contributed by atoms with Gasteiger partial charge in [-0.15, -0.1) is 0 Å². The molecule has 11 nitrogen and oxygen atoms in total. The van der Waals surface area contributed by atoms with Crippen molar-refractivity contribution in [1.29, 1.82) is 0 Å². The minimum atomic E-state index is -4.76. The van der Waals surface area contributed by atoms with E-state index in [-0.39, 0.29) is 37.2 Å². The third-order valence-corrected chi connectivity index (χ3v) is 12.4. The Hall–Kier alpha value is -4.93. The zero-order chi connectivity index (χ0) is 38.6. The molecule has 4 atom stereocenters. The van der Waals surface area contributed by atoms with E-state index in [1.807, 2.05) is 12.1 Å². The molecule has 0 bridgehead atoms. The van der Waals surface area contributed by atoms with Gasteiger partial charge in [0.05, 0.1) is 26.4 Å². The van der Waals surface area contributed by atoms with Gasteiger partial charge < -0.3 is 23.8 Å². The fourth-order valence-corrected chi connectivity index (χ4v) is 8.90. The molecule has 3 aromatic carbocycles. The summed E-state index contributed by atoms with van der Waals surface area (Å²) in [5.74, 6) is -3.68. The maximum Gasteiger partial charge on any atom is 0.269 e. The number of piperidine rings is 1. The molecule has 2 heterocycles. The summed E-state index contributed by atoms with van der Waals surface area (Å²) in [4.78, 5) is 18.2. The largest absolute Gasteiger partial charge is 0.497 e. The molecule has 1 aromatic heterocycles. The van der Waals surface area contributed by atoms with Crippen LogP contribution in [0.1, 0.15) is 30.4 Å². The van der Waals surface area contributed by atoms with Gasteiger partial charge in [-0.1, -0.05) is 30.3 Å². The van der Waals surface area contributed by atoms with E-state index in [1.54, 1.807) is 61.4 Å². The Labute approximate surface area is 315 Å². The van der Waals surface area contributed by atoms with Crippen molar-refractivity contribution in [3.63, 3.8) is 0 Å². The van der Waals surface area contributed by atoms with Crippen LogP contribution in [0.3, 0.4) is 0 Å². The highest BCUT2D eigenvalue weighted by atomic mass is 32.2. The number of benzene rings is 3. The van der Waals surface area contributed by atoms with E-state index in [2.05, 4.69) is 9.36 Å². The highest BCUT2D eigenvalue weighted by molar-refractivity contribution is 7.93.